The highest BCUT2D eigenvalue weighted by atomic mass is 16.6. The van der Waals surface area contributed by atoms with Gasteiger partial charge < -0.3 is 30.5 Å². The first kappa shape index (κ1) is 43.4. The maximum Gasteiger partial charge on any atom is 0.408 e. The summed E-state index contributed by atoms with van der Waals surface area (Å²) in [6, 6.07) is 19.8. The van der Waals surface area contributed by atoms with Gasteiger partial charge in [0.2, 0.25) is 5.91 Å². The predicted octanol–water partition coefficient (Wildman–Crippen LogP) is 5.38. The molecule has 4 amide bonds. The highest BCUT2D eigenvalue weighted by molar-refractivity contribution is 5.87. The fourth-order valence-electron chi connectivity index (χ4n) is 5.63. The Morgan fingerprint density at radius 1 is 0.722 bits per heavy atom. The minimum atomic E-state index is -1.23. The number of methoxy groups -OCH3 is 1. The van der Waals surface area contributed by atoms with Crippen molar-refractivity contribution in [2.24, 2.45) is 10.8 Å². The smallest absolute Gasteiger partial charge is 0.408 e. The van der Waals surface area contributed by atoms with E-state index in [2.05, 4.69) is 26.4 Å². The fraction of sp³-hybridized carbons (Fsp3) is 0.488. The van der Waals surface area contributed by atoms with Crippen LogP contribution >= 0.6 is 0 Å². The number of benzene rings is 2. The zero-order valence-corrected chi connectivity index (χ0v) is 33.2. The summed E-state index contributed by atoms with van der Waals surface area (Å²) in [6.45, 7) is 16.1. The zero-order chi connectivity index (χ0) is 40.3. The Balaban J connectivity index is 1.96. The Hall–Kier alpha value is -5.01. The number of alkyl carbamates (subject to hydrolysis) is 2. The summed E-state index contributed by atoms with van der Waals surface area (Å²) in [4.78, 5) is 57.4. The lowest BCUT2D eigenvalue weighted by atomic mass is 9.85. The molecule has 1 heterocycles. The second-order valence-corrected chi connectivity index (χ2v) is 16.5. The van der Waals surface area contributed by atoms with Crippen LogP contribution < -0.4 is 21.4 Å². The summed E-state index contributed by atoms with van der Waals surface area (Å²) in [5.74, 6) is -1.03. The number of nitrogens with one attached hydrogen (secondary N) is 4. The van der Waals surface area contributed by atoms with E-state index in [-0.39, 0.29) is 19.5 Å². The van der Waals surface area contributed by atoms with E-state index in [0.717, 1.165) is 22.4 Å². The predicted molar refractivity (Wildman–Crippen MR) is 208 cm³/mol. The number of hydrazine groups is 1. The van der Waals surface area contributed by atoms with Crippen molar-refractivity contribution >= 4 is 24.0 Å². The van der Waals surface area contributed by atoms with E-state index in [4.69, 9.17) is 9.47 Å². The maximum absolute atomic E-state index is 14.0. The zero-order valence-electron chi connectivity index (χ0n) is 33.2. The number of hydrogen-bond donors (Lipinski definition) is 5. The molecular formula is C41H58N6O7. The molecular weight excluding hydrogens is 688 g/mol. The molecule has 13 heteroatoms. The normalized spacial score (nSPS) is 14.2. The number of carbonyl (C=O) groups excluding carboxylic acids is 4. The number of aromatic nitrogens is 1. The van der Waals surface area contributed by atoms with Crippen LogP contribution in [0.15, 0.2) is 79.0 Å². The van der Waals surface area contributed by atoms with Crippen LogP contribution in [0.3, 0.4) is 0 Å². The van der Waals surface area contributed by atoms with Crippen molar-refractivity contribution in [2.75, 3.05) is 13.7 Å². The highest BCUT2D eigenvalue weighted by Crippen LogP contribution is 2.23. The molecule has 0 aliphatic carbocycles. The third kappa shape index (κ3) is 14.1. The Morgan fingerprint density at radius 2 is 1.30 bits per heavy atom. The Labute approximate surface area is 319 Å². The monoisotopic (exact) mass is 746 g/mol. The molecule has 3 aromatic rings. The van der Waals surface area contributed by atoms with Crippen molar-refractivity contribution in [3.63, 3.8) is 0 Å². The molecule has 4 atom stereocenters. The number of ether oxygens (including phenoxy) is 2. The van der Waals surface area contributed by atoms with Crippen molar-refractivity contribution in [3.05, 3.63) is 90.1 Å². The van der Waals surface area contributed by atoms with Gasteiger partial charge in [-0.3, -0.25) is 20.0 Å². The lowest BCUT2D eigenvalue weighted by molar-refractivity contribution is -0.132. The molecule has 294 valence electrons. The molecule has 0 bridgehead atoms. The highest BCUT2D eigenvalue weighted by Gasteiger charge is 2.38. The van der Waals surface area contributed by atoms with Crippen LogP contribution in [0, 0.1) is 10.8 Å². The minimum Gasteiger partial charge on any atom is -0.453 e. The molecule has 1 aromatic heterocycles. The van der Waals surface area contributed by atoms with Gasteiger partial charge in [-0.25, -0.2) is 14.6 Å². The SMILES string of the molecule is COC(=O)N[C@H](C(=O)NN(Cc1ccc(-c2ccccn2)cc1)C[C@H](O)[C@H](Cc1ccccc1)NC(=O)[C@@H](NC(=O)OC(C)(C)C)C(C)(C)C)C(C)(C)C. The van der Waals surface area contributed by atoms with Crippen molar-refractivity contribution in [2.45, 2.75) is 105 Å². The molecule has 0 radical (unpaired) electrons. The Kier molecular flexibility index (Phi) is 15.1. The van der Waals surface area contributed by atoms with E-state index in [9.17, 15) is 24.3 Å². The largest absolute Gasteiger partial charge is 0.453 e. The van der Waals surface area contributed by atoms with Crippen LogP contribution in [0.1, 0.15) is 73.4 Å². The molecule has 2 aromatic carbocycles. The first-order valence-corrected chi connectivity index (χ1v) is 18.1. The standard InChI is InChI=1S/C41H58N6O7/c1-39(2,3)33(45-38(52)54-41(7,8)9)35(49)43-31(24-27-16-12-11-13-17-27)32(48)26-47(46-36(50)34(40(4,5)6)44-37(51)53-10)25-28-19-21-29(22-20-28)30-18-14-15-23-42-30/h11-23,31-34,48H,24-26H2,1-10H3,(H,43,49)(H,44,51)(H,45,52)(H,46,50)/t31-,32-,33+,34+/m0/s1. The summed E-state index contributed by atoms with van der Waals surface area (Å²) in [6.07, 6.45) is -0.772. The molecule has 0 fully saturated rings. The van der Waals surface area contributed by atoms with Gasteiger partial charge in [-0.2, -0.15) is 0 Å². The molecule has 0 spiro atoms. The van der Waals surface area contributed by atoms with Gasteiger partial charge in [-0.15, -0.1) is 0 Å². The molecule has 3 rings (SSSR count). The van der Waals surface area contributed by atoms with Gasteiger partial charge >= 0.3 is 12.2 Å². The third-order valence-electron chi connectivity index (χ3n) is 8.42. The molecule has 54 heavy (non-hydrogen) atoms. The average molecular weight is 747 g/mol. The van der Waals surface area contributed by atoms with Crippen LogP contribution in [0.5, 0.6) is 0 Å². The lowest BCUT2D eigenvalue weighted by Crippen LogP contribution is -2.61. The van der Waals surface area contributed by atoms with Gasteiger partial charge in [0.05, 0.1) is 24.9 Å². The average Bonchev–Trinajstić information content (AvgIpc) is 3.08. The number of rotatable bonds is 14. The van der Waals surface area contributed by atoms with Gasteiger partial charge in [0.15, 0.2) is 0 Å². The second kappa shape index (κ2) is 18.8. The van der Waals surface area contributed by atoms with Gasteiger partial charge in [0.1, 0.15) is 17.7 Å². The van der Waals surface area contributed by atoms with Crippen molar-refractivity contribution in [1.82, 2.24) is 31.4 Å². The molecule has 0 unspecified atom stereocenters. The first-order chi connectivity index (χ1) is 25.2. The van der Waals surface area contributed by atoms with E-state index >= 15 is 0 Å². The topological polar surface area (TPSA) is 171 Å². The van der Waals surface area contributed by atoms with Crippen LogP contribution in [0.2, 0.25) is 0 Å². The van der Waals surface area contributed by atoms with E-state index in [0.29, 0.717) is 0 Å². The molecule has 0 saturated heterocycles. The number of hydrogen-bond acceptors (Lipinski definition) is 9. The lowest BCUT2D eigenvalue weighted by Gasteiger charge is -2.36. The summed E-state index contributed by atoms with van der Waals surface area (Å²) in [5, 5.41) is 21.8. The van der Waals surface area contributed by atoms with Crippen LogP contribution in [-0.4, -0.2) is 82.6 Å². The minimum absolute atomic E-state index is 0.125. The Morgan fingerprint density at radius 3 is 1.83 bits per heavy atom. The van der Waals surface area contributed by atoms with E-state index in [1.54, 1.807) is 32.0 Å². The number of nitrogens with zero attached hydrogens (tertiary/aromatic N) is 2. The van der Waals surface area contributed by atoms with Gasteiger partial charge in [0.25, 0.3) is 5.91 Å². The van der Waals surface area contributed by atoms with Crippen molar-refractivity contribution in [1.29, 1.82) is 0 Å². The number of aliphatic hydroxyl groups excluding tert-OH is 1. The second-order valence-electron chi connectivity index (χ2n) is 16.5. The van der Waals surface area contributed by atoms with Crippen LogP contribution in [0.4, 0.5) is 9.59 Å². The van der Waals surface area contributed by atoms with E-state index in [1.165, 1.54) is 7.11 Å². The first-order valence-electron chi connectivity index (χ1n) is 18.1. The molecule has 5 N–H and O–H groups in total. The summed E-state index contributed by atoms with van der Waals surface area (Å²) >= 11 is 0. The quantitative estimate of drug-likeness (QED) is 0.136. The maximum atomic E-state index is 14.0. The van der Waals surface area contributed by atoms with E-state index in [1.807, 2.05) is 114 Å². The third-order valence-corrected chi connectivity index (χ3v) is 8.42. The molecule has 0 aliphatic rings. The number of carbonyl (C=O) groups is 4. The Bertz CT molecular complexity index is 1670. The van der Waals surface area contributed by atoms with Gasteiger partial charge in [-0.1, -0.05) is 102 Å². The number of pyridine rings is 1. The van der Waals surface area contributed by atoms with E-state index < -0.39 is 64.7 Å². The molecule has 13 nitrogen and oxygen atoms in total. The van der Waals surface area contributed by atoms with Crippen molar-refractivity contribution < 1.29 is 33.8 Å². The number of amides is 4. The summed E-state index contributed by atoms with van der Waals surface area (Å²) in [7, 11) is 1.22. The van der Waals surface area contributed by atoms with Gasteiger partial charge in [-0.05, 0) is 61.3 Å². The summed E-state index contributed by atoms with van der Waals surface area (Å²) in [5.41, 5.74) is 4.08. The summed E-state index contributed by atoms with van der Waals surface area (Å²) < 4.78 is 10.2. The number of aliphatic hydroxyl groups is 1. The van der Waals surface area contributed by atoms with Crippen molar-refractivity contribution in [3.8, 4) is 11.3 Å². The molecule has 0 saturated carbocycles. The molecule has 0 aliphatic heterocycles. The fourth-order valence-corrected chi connectivity index (χ4v) is 5.63. The van der Waals surface area contributed by atoms with Crippen LogP contribution in [-0.2, 0) is 32.0 Å². The van der Waals surface area contributed by atoms with Gasteiger partial charge in [0, 0.05) is 24.8 Å². The van der Waals surface area contributed by atoms with Crippen LogP contribution in [0.25, 0.3) is 11.3 Å².